The number of hydrogen-bond acceptors (Lipinski definition) is 8. The maximum Gasteiger partial charge on any atom is 0.409 e. The molecule has 3 heterocycles. The summed E-state index contributed by atoms with van der Waals surface area (Å²) in [4.78, 5) is 42.5. The zero-order valence-electron chi connectivity index (χ0n) is 24.4. The van der Waals surface area contributed by atoms with Crippen LogP contribution in [0.1, 0.15) is 51.0 Å². The van der Waals surface area contributed by atoms with Crippen molar-refractivity contribution < 1.29 is 41.8 Å². The van der Waals surface area contributed by atoms with Gasteiger partial charge >= 0.3 is 12.2 Å². The van der Waals surface area contributed by atoms with Gasteiger partial charge in [-0.05, 0) is 46.2 Å². The molecule has 1 unspecified atom stereocenters. The fraction of sp³-hybridized carbons (Fsp3) is 0.444. The number of hydrogen-bond donors (Lipinski definition) is 4. The van der Waals surface area contributed by atoms with Crippen molar-refractivity contribution in [1.82, 2.24) is 20.1 Å². The maximum absolute atomic E-state index is 15.3. The molecule has 2 aromatic heterocycles. The second-order valence-corrected chi connectivity index (χ2v) is 12.6. The number of carbonyl (C=O) groups excluding carboxylic acids is 2. The third-order valence-electron chi connectivity index (χ3n) is 6.50. The van der Waals surface area contributed by atoms with E-state index >= 15 is 8.78 Å². The molecule has 4 N–H and O–H groups in total. The average Bonchev–Trinajstić information content (AvgIpc) is 3.39. The molecular formula is C27H31F4N7O5S. The first-order chi connectivity index (χ1) is 20.4. The maximum atomic E-state index is 15.3. The van der Waals surface area contributed by atoms with Gasteiger partial charge in [0.2, 0.25) is 0 Å². The van der Waals surface area contributed by atoms with E-state index in [1.807, 2.05) is 5.32 Å². The van der Waals surface area contributed by atoms with Crippen LogP contribution >= 0.6 is 11.3 Å². The number of alkyl halides is 2. The molecule has 17 heteroatoms. The minimum Gasteiger partial charge on any atom is -0.465 e. The summed E-state index contributed by atoms with van der Waals surface area (Å²) in [6, 6.07) is 3.10. The van der Waals surface area contributed by atoms with E-state index in [1.165, 1.54) is 29.7 Å². The van der Waals surface area contributed by atoms with Crippen molar-refractivity contribution in [2.45, 2.75) is 57.6 Å². The SMILES string of the molecule is Cn1ncc(NC(=O)c2nc(-c3c(F)cccc3F)sc2NC(=O)O)c1N1CCC(C)(NC(=O)OC(C)(C)C)CC(F)(F)C1. The Labute approximate surface area is 253 Å². The number of nitrogens with one attached hydrogen (secondary N) is 3. The van der Waals surface area contributed by atoms with Gasteiger partial charge in [-0.3, -0.25) is 14.8 Å². The van der Waals surface area contributed by atoms with Crippen molar-refractivity contribution in [2.24, 2.45) is 7.05 Å². The summed E-state index contributed by atoms with van der Waals surface area (Å²) in [5, 5.41) is 19.8. The van der Waals surface area contributed by atoms with Gasteiger partial charge in [0.15, 0.2) is 11.5 Å². The number of carbonyl (C=O) groups is 3. The lowest BCUT2D eigenvalue weighted by atomic mass is 9.91. The fourth-order valence-electron chi connectivity index (χ4n) is 4.83. The molecule has 1 aliphatic rings. The van der Waals surface area contributed by atoms with Crippen LogP contribution in [0.4, 0.5) is 43.7 Å². The van der Waals surface area contributed by atoms with Crippen LogP contribution in [0.2, 0.25) is 0 Å². The third-order valence-corrected chi connectivity index (χ3v) is 7.49. The molecule has 44 heavy (non-hydrogen) atoms. The minimum atomic E-state index is -3.29. The summed E-state index contributed by atoms with van der Waals surface area (Å²) >= 11 is 0.537. The molecule has 1 aromatic carbocycles. The van der Waals surface area contributed by atoms with Crippen LogP contribution in [0.25, 0.3) is 10.6 Å². The summed E-state index contributed by atoms with van der Waals surface area (Å²) in [5.41, 5.74) is -3.23. The summed E-state index contributed by atoms with van der Waals surface area (Å²) in [7, 11) is 1.48. The van der Waals surface area contributed by atoms with Crippen LogP contribution in [0.5, 0.6) is 0 Å². The van der Waals surface area contributed by atoms with E-state index in [1.54, 1.807) is 20.8 Å². The van der Waals surface area contributed by atoms with Crippen LogP contribution in [-0.4, -0.2) is 68.1 Å². The number of amides is 3. The van der Waals surface area contributed by atoms with Crippen LogP contribution in [0.15, 0.2) is 24.4 Å². The number of rotatable bonds is 6. The van der Waals surface area contributed by atoms with Crippen molar-refractivity contribution in [3.8, 4) is 10.6 Å². The highest BCUT2D eigenvalue weighted by Gasteiger charge is 2.46. The molecule has 1 saturated heterocycles. The number of alkyl carbamates (subject to hydrolysis) is 1. The number of nitrogens with zero attached hydrogens (tertiary/aromatic N) is 4. The molecule has 0 radical (unpaired) electrons. The first-order valence-electron chi connectivity index (χ1n) is 13.3. The molecule has 3 amide bonds. The first-order valence-corrected chi connectivity index (χ1v) is 14.1. The molecule has 0 aliphatic carbocycles. The predicted molar refractivity (Wildman–Crippen MR) is 154 cm³/mol. The lowest BCUT2D eigenvalue weighted by molar-refractivity contribution is -0.0195. The van der Waals surface area contributed by atoms with E-state index in [0.717, 1.165) is 18.2 Å². The van der Waals surface area contributed by atoms with Gasteiger partial charge in [0, 0.05) is 25.6 Å². The zero-order chi connectivity index (χ0) is 32.6. The van der Waals surface area contributed by atoms with E-state index in [9.17, 15) is 28.3 Å². The van der Waals surface area contributed by atoms with Gasteiger partial charge in [-0.25, -0.2) is 32.1 Å². The normalized spacial score (nSPS) is 18.3. The molecule has 0 spiro atoms. The van der Waals surface area contributed by atoms with Crippen LogP contribution < -0.4 is 20.9 Å². The van der Waals surface area contributed by atoms with E-state index in [0.29, 0.717) is 11.3 Å². The molecule has 238 valence electrons. The van der Waals surface area contributed by atoms with Gasteiger partial charge in [-0.15, -0.1) is 0 Å². The number of benzene rings is 1. The highest BCUT2D eigenvalue weighted by atomic mass is 32.1. The van der Waals surface area contributed by atoms with Crippen LogP contribution in [0, 0.1) is 11.6 Å². The van der Waals surface area contributed by atoms with E-state index in [4.69, 9.17) is 4.74 Å². The van der Waals surface area contributed by atoms with Gasteiger partial charge in [-0.1, -0.05) is 17.4 Å². The van der Waals surface area contributed by atoms with Crippen LogP contribution in [-0.2, 0) is 11.8 Å². The Hall–Kier alpha value is -4.41. The van der Waals surface area contributed by atoms with Crippen molar-refractivity contribution in [3.05, 3.63) is 41.7 Å². The van der Waals surface area contributed by atoms with Crippen molar-refractivity contribution >= 4 is 45.9 Å². The number of halogens is 4. The lowest BCUT2D eigenvalue weighted by Crippen LogP contribution is -2.50. The van der Waals surface area contributed by atoms with Gasteiger partial charge in [0.25, 0.3) is 11.8 Å². The third kappa shape index (κ3) is 7.56. The molecule has 12 nitrogen and oxygen atoms in total. The number of anilines is 3. The predicted octanol–water partition coefficient (Wildman–Crippen LogP) is 5.68. The molecule has 0 bridgehead atoms. The first kappa shape index (κ1) is 32.5. The largest absolute Gasteiger partial charge is 0.465 e. The number of aromatic nitrogens is 3. The van der Waals surface area contributed by atoms with Gasteiger partial charge in [0.05, 0.1) is 18.3 Å². The lowest BCUT2D eigenvalue weighted by Gasteiger charge is -2.32. The summed E-state index contributed by atoms with van der Waals surface area (Å²) in [5.74, 6) is -6.13. The number of thiazole rings is 1. The van der Waals surface area contributed by atoms with E-state index < -0.39 is 71.0 Å². The quantitative estimate of drug-likeness (QED) is 0.251. The average molecular weight is 642 g/mol. The molecule has 4 rings (SSSR count). The van der Waals surface area contributed by atoms with Gasteiger partial charge in [-0.2, -0.15) is 5.10 Å². The monoisotopic (exact) mass is 641 g/mol. The van der Waals surface area contributed by atoms with E-state index in [2.05, 4.69) is 20.7 Å². The van der Waals surface area contributed by atoms with Crippen LogP contribution in [0.3, 0.4) is 0 Å². The minimum absolute atomic E-state index is 0.00935. The second kappa shape index (κ2) is 11.9. The van der Waals surface area contributed by atoms with E-state index in [-0.39, 0.29) is 34.5 Å². The van der Waals surface area contributed by atoms with Crippen molar-refractivity contribution in [2.75, 3.05) is 28.6 Å². The Morgan fingerprint density at radius 1 is 1.14 bits per heavy atom. The molecule has 1 atom stereocenters. The highest BCUT2D eigenvalue weighted by Crippen LogP contribution is 2.39. The standard InChI is InChI=1S/C27H31F4N7O5S/c1-25(2,3)43-24(42)36-26(4)9-10-38(13-27(30,31)12-26)22-16(11-32-37(22)5)33-19(39)18-21(35-23(40)41)44-20(34-18)17-14(28)7-6-8-15(17)29/h6-8,11,35H,9-10,12-13H2,1-5H3,(H,33,39)(H,36,42)(H,40,41). The topological polar surface area (TPSA) is 151 Å². The number of carboxylic acid groups (broad SMARTS) is 1. The molecule has 3 aromatic rings. The zero-order valence-corrected chi connectivity index (χ0v) is 25.2. The van der Waals surface area contributed by atoms with Gasteiger partial charge in [0.1, 0.15) is 32.9 Å². The van der Waals surface area contributed by atoms with Gasteiger partial charge < -0.3 is 25.4 Å². The highest BCUT2D eigenvalue weighted by molar-refractivity contribution is 7.19. The fourth-order valence-corrected chi connectivity index (χ4v) is 5.83. The Balaban J connectivity index is 1.62. The Morgan fingerprint density at radius 2 is 1.80 bits per heavy atom. The summed E-state index contributed by atoms with van der Waals surface area (Å²) in [6.45, 7) is 5.70. The van der Waals surface area contributed by atoms with Crippen molar-refractivity contribution in [3.63, 3.8) is 0 Å². The Bertz CT molecular complexity index is 1570. The number of aryl methyl sites for hydroxylation is 1. The smallest absolute Gasteiger partial charge is 0.409 e. The second-order valence-electron chi connectivity index (χ2n) is 11.6. The Kier molecular flexibility index (Phi) is 8.82. The molecular weight excluding hydrogens is 610 g/mol. The summed E-state index contributed by atoms with van der Waals surface area (Å²) in [6.07, 6.45) is -1.78. The van der Waals surface area contributed by atoms with Crippen molar-refractivity contribution in [1.29, 1.82) is 0 Å². The molecule has 0 saturated carbocycles. The number of ether oxygens (including phenoxy) is 1. The molecule has 1 fully saturated rings. The Morgan fingerprint density at radius 3 is 2.41 bits per heavy atom. The summed E-state index contributed by atoms with van der Waals surface area (Å²) < 4.78 is 66.0. The molecule has 1 aliphatic heterocycles.